The molecule has 2 aromatic carbocycles. The number of ether oxygens (including phenoxy) is 8. The van der Waals surface area contributed by atoms with Crippen LogP contribution >= 0.6 is 57.1 Å². The van der Waals surface area contributed by atoms with Crippen LogP contribution in [0.5, 0.6) is 46.0 Å². The van der Waals surface area contributed by atoms with Crippen LogP contribution in [0.25, 0.3) is 50.6 Å². The molecule has 0 unspecified atom stereocenters. The molecule has 0 spiro atoms. The summed E-state index contributed by atoms with van der Waals surface area (Å²) >= 11 is 7.74. The lowest BCUT2D eigenvalue weighted by Crippen LogP contribution is -2.22. The van der Waals surface area contributed by atoms with Gasteiger partial charge in [-0.15, -0.1) is 45.3 Å². The molecule has 0 bridgehead atoms. The van der Waals surface area contributed by atoms with E-state index in [0.717, 1.165) is 53.5 Å². The number of nitrogens with zero attached hydrogens (tertiary/aromatic N) is 2. The van der Waals surface area contributed by atoms with Crippen LogP contribution in [-0.4, -0.2) is 70.5 Å². The summed E-state index contributed by atoms with van der Waals surface area (Å²) < 4.78 is 50.8. The SMILES string of the molecule is [C-]#[N+]/C(=C\c1sc(-c2sc(-c3sc(-c4sc(-c5ccc6c(c5)Sc5ccccc5N6CCCCCC)c5c4OCCO5)c4c3OCCO4)c3c2OCCO3)c2c1OCCO2)C(=O)O. The predicted octanol–water partition coefficient (Wildman–Crippen LogP) is 12.2. The molecule has 5 aliphatic heterocycles. The predicted molar refractivity (Wildman–Crippen MR) is 248 cm³/mol. The number of anilines is 2. The number of benzene rings is 2. The number of hydrogen-bond acceptors (Lipinski definition) is 15. The van der Waals surface area contributed by atoms with Gasteiger partial charge in [0.1, 0.15) is 52.9 Å². The van der Waals surface area contributed by atoms with Crippen molar-refractivity contribution in [3.8, 4) is 85.7 Å². The summed E-state index contributed by atoms with van der Waals surface area (Å²) in [7, 11) is 0. The van der Waals surface area contributed by atoms with Crippen molar-refractivity contribution in [2.45, 2.75) is 42.4 Å². The van der Waals surface area contributed by atoms with Crippen molar-refractivity contribution in [2.24, 2.45) is 0 Å². The molecule has 5 aliphatic rings. The van der Waals surface area contributed by atoms with Crippen molar-refractivity contribution in [1.82, 2.24) is 0 Å². The van der Waals surface area contributed by atoms with E-state index in [4.69, 9.17) is 44.5 Å². The number of para-hydroxylation sites is 1. The largest absolute Gasteiger partial charge is 0.486 e. The minimum atomic E-state index is -1.32. The maximum atomic E-state index is 11.8. The van der Waals surface area contributed by atoms with Crippen LogP contribution in [0, 0.1) is 6.57 Å². The zero-order valence-corrected chi connectivity index (χ0v) is 38.0. The Balaban J connectivity index is 1.01. The Hall–Kier alpha value is -5.51. The zero-order chi connectivity index (χ0) is 42.6. The standard InChI is InChI=1S/C46H38N2O10S5/c1-3-4-5-8-13-48-26-9-6-7-10-28(26)59-29-22-24(11-12-27(29)48)39-33-34(54-17-16-53-33)42(61-39)43-37-38(58-21-20-57-37)45(63-43)44-36-35(55-18-19-56-36)41(62-44)40-32-31(51-14-15-52-32)30(60-40)23-25(47-2)46(49)50/h6-7,9-12,22-23H,3-5,8,13-21H2,1H3,(H,49,50)/b25-23-. The quantitative estimate of drug-likeness (QED) is 0.0757. The molecule has 0 saturated carbocycles. The van der Waals surface area contributed by atoms with Gasteiger partial charge in [-0.25, -0.2) is 4.85 Å². The molecule has 63 heavy (non-hydrogen) atoms. The average molecular weight is 939 g/mol. The van der Waals surface area contributed by atoms with Crippen LogP contribution < -0.4 is 42.8 Å². The molecule has 11 rings (SSSR count). The van der Waals surface area contributed by atoms with E-state index >= 15 is 0 Å². The highest BCUT2D eigenvalue weighted by Gasteiger charge is 2.38. The third-order valence-electron chi connectivity index (χ3n) is 11.0. The van der Waals surface area contributed by atoms with Gasteiger partial charge in [0.05, 0.1) is 57.0 Å². The smallest absolute Gasteiger partial charge is 0.333 e. The number of aliphatic carboxylic acids is 1. The van der Waals surface area contributed by atoms with E-state index in [1.165, 1.54) is 69.2 Å². The van der Waals surface area contributed by atoms with E-state index in [2.05, 4.69) is 59.1 Å². The number of carbonyl (C=O) groups is 1. The van der Waals surface area contributed by atoms with E-state index in [-0.39, 0.29) is 0 Å². The summed E-state index contributed by atoms with van der Waals surface area (Å²) in [6.07, 6.45) is 6.11. The van der Waals surface area contributed by atoms with Crippen LogP contribution in [0.3, 0.4) is 0 Å². The fraction of sp³-hybridized carbons (Fsp3) is 0.304. The van der Waals surface area contributed by atoms with Crippen LogP contribution in [0.2, 0.25) is 0 Å². The topological polar surface area (TPSA) is 119 Å². The van der Waals surface area contributed by atoms with Gasteiger partial charge < -0.3 is 47.9 Å². The zero-order valence-electron chi connectivity index (χ0n) is 33.9. The van der Waals surface area contributed by atoms with Gasteiger partial charge >= 0.3 is 5.97 Å². The van der Waals surface area contributed by atoms with Gasteiger partial charge in [0.15, 0.2) is 46.0 Å². The van der Waals surface area contributed by atoms with E-state index in [9.17, 15) is 9.90 Å². The molecule has 17 heteroatoms. The van der Waals surface area contributed by atoms with Gasteiger partial charge in [-0.2, -0.15) is 0 Å². The fourth-order valence-corrected chi connectivity index (χ4v) is 14.4. The minimum Gasteiger partial charge on any atom is -0.486 e. The summed E-state index contributed by atoms with van der Waals surface area (Å²) in [6, 6.07) is 15.4. The van der Waals surface area contributed by atoms with Crippen molar-refractivity contribution in [1.29, 1.82) is 0 Å². The molecule has 0 saturated heterocycles. The molecular weight excluding hydrogens is 901 g/mol. The Labute approximate surface area is 382 Å². The molecule has 9 heterocycles. The molecule has 6 aromatic rings. The van der Waals surface area contributed by atoms with E-state index < -0.39 is 11.7 Å². The van der Waals surface area contributed by atoms with E-state index in [1.807, 2.05) is 11.8 Å². The van der Waals surface area contributed by atoms with E-state index in [1.54, 1.807) is 22.7 Å². The summed E-state index contributed by atoms with van der Waals surface area (Å²) in [5, 5.41) is 9.65. The lowest BCUT2D eigenvalue weighted by atomic mass is 10.1. The Bertz CT molecular complexity index is 2860. The minimum absolute atomic E-state index is 0.292. The number of fused-ring (bicyclic) bond motifs is 6. The van der Waals surface area contributed by atoms with Crippen LogP contribution in [0.15, 0.2) is 58.0 Å². The van der Waals surface area contributed by atoms with Gasteiger partial charge in [0.2, 0.25) is 0 Å². The summed E-state index contributed by atoms with van der Waals surface area (Å²) in [6.45, 7) is 13.6. The number of rotatable bonds is 11. The molecule has 12 nitrogen and oxygen atoms in total. The second kappa shape index (κ2) is 16.9. The van der Waals surface area contributed by atoms with Crippen LogP contribution in [0.4, 0.5) is 11.4 Å². The maximum Gasteiger partial charge on any atom is 0.333 e. The molecule has 322 valence electrons. The number of carboxylic acid groups (broad SMARTS) is 1. The number of carboxylic acids is 1. The van der Waals surface area contributed by atoms with Gasteiger partial charge in [0, 0.05) is 16.3 Å². The fourth-order valence-electron chi connectivity index (χ4n) is 8.19. The number of hydrogen-bond donors (Lipinski definition) is 1. The third kappa shape index (κ3) is 7.03. The molecule has 0 atom stereocenters. The Kier molecular flexibility index (Phi) is 10.8. The highest BCUT2D eigenvalue weighted by atomic mass is 32.2. The molecule has 1 N–H and O–H groups in total. The van der Waals surface area contributed by atoms with Gasteiger partial charge in [-0.3, -0.25) is 4.79 Å². The third-order valence-corrected chi connectivity index (χ3v) is 17.2. The second-order valence-corrected chi connectivity index (χ2v) is 20.1. The van der Waals surface area contributed by atoms with Gasteiger partial charge in [-0.1, -0.05) is 56.1 Å². The Morgan fingerprint density at radius 3 is 1.63 bits per heavy atom. The van der Waals surface area contributed by atoms with Crippen molar-refractivity contribution in [3.63, 3.8) is 0 Å². The summed E-state index contributed by atoms with van der Waals surface area (Å²) in [5.74, 6) is 3.37. The summed E-state index contributed by atoms with van der Waals surface area (Å²) in [5.41, 5.74) is 3.11. The first kappa shape index (κ1) is 40.3. The first-order valence-corrected chi connectivity index (χ1v) is 24.8. The van der Waals surface area contributed by atoms with Crippen molar-refractivity contribution < 1.29 is 47.8 Å². The molecule has 0 radical (unpaired) electrons. The number of unbranched alkanes of at least 4 members (excludes halogenated alkanes) is 3. The maximum absolute atomic E-state index is 11.8. The first-order valence-electron chi connectivity index (χ1n) is 20.7. The van der Waals surface area contributed by atoms with Crippen molar-refractivity contribution in [3.05, 3.63) is 64.5 Å². The molecule has 0 aliphatic carbocycles. The van der Waals surface area contributed by atoms with Crippen molar-refractivity contribution in [2.75, 3.05) is 64.3 Å². The van der Waals surface area contributed by atoms with Crippen LogP contribution in [-0.2, 0) is 4.79 Å². The first-order chi connectivity index (χ1) is 31.0. The Morgan fingerprint density at radius 1 is 0.619 bits per heavy atom. The average Bonchev–Trinajstić information content (AvgIpc) is 4.09. The second-order valence-electron chi connectivity index (χ2n) is 14.9. The molecule has 0 fully saturated rings. The van der Waals surface area contributed by atoms with Crippen LogP contribution in [0.1, 0.15) is 37.5 Å². The lowest BCUT2D eigenvalue weighted by molar-refractivity contribution is -0.132. The monoisotopic (exact) mass is 938 g/mol. The highest BCUT2D eigenvalue weighted by Crippen LogP contribution is 2.66. The lowest BCUT2D eigenvalue weighted by Gasteiger charge is -2.33. The molecule has 4 aromatic heterocycles. The summed E-state index contributed by atoms with van der Waals surface area (Å²) in [4.78, 5) is 26.3. The van der Waals surface area contributed by atoms with Gasteiger partial charge in [-0.05, 0) is 42.3 Å². The highest BCUT2D eigenvalue weighted by molar-refractivity contribution is 7.99. The van der Waals surface area contributed by atoms with Gasteiger partial charge in [0.25, 0.3) is 5.70 Å². The Morgan fingerprint density at radius 2 is 1.10 bits per heavy atom. The number of thiophene rings is 4. The van der Waals surface area contributed by atoms with E-state index in [0.29, 0.717) is 103 Å². The molecular formula is C46H38N2O10S5. The van der Waals surface area contributed by atoms with Crippen molar-refractivity contribution >= 4 is 80.5 Å². The molecule has 0 amide bonds. The normalized spacial score (nSPS) is 15.7.